The number of rotatable bonds is 7. The van der Waals surface area contributed by atoms with Crippen molar-refractivity contribution >= 4 is 21.4 Å². The van der Waals surface area contributed by atoms with Crippen LogP contribution < -0.4 is 0 Å². The molecular formula is C15H20N2O5S. The van der Waals surface area contributed by atoms with Crippen molar-refractivity contribution in [1.82, 2.24) is 4.90 Å². The molecule has 0 unspecified atom stereocenters. The van der Waals surface area contributed by atoms with Gasteiger partial charge in [-0.15, -0.1) is 0 Å². The molecule has 0 bridgehead atoms. The molecule has 1 amide bonds. The van der Waals surface area contributed by atoms with Gasteiger partial charge in [0.1, 0.15) is 0 Å². The molecule has 23 heavy (non-hydrogen) atoms. The van der Waals surface area contributed by atoms with E-state index in [2.05, 4.69) is 0 Å². The lowest BCUT2D eigenvalue weighted by Gasteiger charge is -2.22. The van der Waals surface area contributed by atoms with Gasteiger partial charge in [0.25, 0.3) is 11.6 Å². The lowest BCUT2D eigenvalue weighted by Crippen LogP contribution is -2.33. The van der Waals surface area contributed by atoms with Crippen molar-refractivity contribution in [1.29, 1.82) is 0 Å². The lowest BCUT2D eigenvalue weighted by molar-refractivity contribution is -0.385. The van der Waals surface area contributed by atoms with Crippen LogP contribution in [0.1, 0.15) is 36.5 Å². The van der Waals surface area contributed by atoms with Gasteiger partial charge in [0.05, 0.1) is 9.82 Å². The van der Waals surface area contributed by atoms with E-state index in [1.165, 1.54) is 6.07 Å². The zero-order valence-electron chi connectivity index (χ0n) is 13.2. The molecule has 1 aromatic carbocycles. The number of nitro benzene ring substituents is 1. The number of benzene rings is 1. The summed E-state index contributed by atoms with van der Waals surface area (Å²) in [5.74, 6) is 0.130. The molecule has 0 radical (unpaired) electrons. The van der Waals surface area contributed by atoms with Crippen molar-refractivity contribution in [2.75, 3.05) is 19.3 Å². The summed E-state index contributed by atoms with van der Waals surface area (Å²) < 4.78 is 23.4. The molecule has 1 aromatic rings. The van der Waals surface area contributed by atoms with E-state index in [4.69, 9.17) is 0 Å². The maximum Gasteiger partial charge on any atom is 0.271 e. The average Bonchev–Trinajstić information content (AvgIpc) is 3.28. The third-order valence-corrected chi connectivity index (χ3v) is 4.83. The van der Waals surface area contributed by atoms with Crippen LogP contribution in [0.2, 0.25) is 0 Å². The van der Waals surface area contributed by atoms with Crippen LogP contribution in [-0.4, -0.2) is 43.5 Å². The second kappa shape index (κ2) is 6.66. The van der Waals surface area contributed by atoms with Crippen LogP contribution >= 0.6 is 0 Å². The molecule has 1 aliphatic rings. The van der Waals surface area contributed by atoms with Gasteiger partial charge in [0.2, 0.25) is 0 Å². The predicted octanol–water partition coefficient (Wildman–Crippen LogP) is 2.26. The molecule has 0 heterocycles. The molecule has 126 valence electrons. The number of amides is 1. The van der Waals surface area contributed by atoms with Gasteiger partial charge in [-0.2, -0.15) is 0 Å². The van der Waals surface area contributed by atoms with E-state index in [0.717, 1.165) is 37.7 Å². The minimum Gasteiger partial charge on any atom is -0.338 e. The molecule has 1 saturated carbocycles. The predicted molar refractivity (Wildman–Crippen MR) is 85.1 cm³/mol. The van der Waals surface area contributed by atoms with E-state index in [1.807, 2.05) is 6.92 Å². The Labute approximate surface area is 135 Å². The first-order chi connectivity index (χ1) is 10.7. The number of carbonyl (C=O) groups excluding carboxylic acids is 1. The second-order valence-electron chi connectivity index (χ2n) is 5.94. The summed E-state index contributed by atoms with van der Waals surface area (Å²) in [6, 6.07) is 3.35. The number of non-ortho nitro benzene ring substituents is 1. The van der Waals surface area contributed by atoms with Crippen LogP contribution in [0, 0.1) is 16.0 Å². The fourth-order valence-electron chi connectivity index (χ4n) is 2.37. The number of carbonyl (C=O) groups is 1. The molecule has 0 aliphatic heterocycles. The Balaban J connectivity index is 2.40. The maximum absolute atomic E-state index is 12.7. The fourth-order valence-corrected chi connectivity index (χ4v) is 3.04. The number of nitro groups is 1. The standard InChI is InChI=1S/C15H20N2O5S/c1-3-6-16(10-11-4-5-11)15(18)12-7-13(17(19)20)9-14(8-12)23(2,21)22/h7-9,11H,3-6,10H2,1-2H3. The van der Waals surface area contributed by atoms with Crippen molar-refractivity contribution in [3.63, 3.8) is 0 Å². The highest BCUT2D eigenvalue weighted by Crippen LogP contribution is 2.30. The highest BCUT2D eigenvalue weighted by Gasteiger charge is 2.28. The monoisotopic (exact) mass is 340 g/mol. The van der Waals surface area contributed by atoms with E-state index < -0.39 is 14.8 Å². The Morgan fingerprint density at radius 3 is 2.48 bits per heavy atom. The summed E-state index contributed by atoms with van der Waals surface area (Å²) in [5.41, 5.74) is -0.340. The van der Waals surface area contributed by atoms with E-state index in [1.54, 1.807) is 4.90 Å². The van der Waals surface area contributed by atoms with Crippen LogP contribution in [-0.2, 0) is 9.84 Å². The molecule has 0 aromatic heterocycles. The summed E-state index contributed by atoms with van der Waals surface area (Å²) in [4.78, 5) is 24.4. The summed E-state index contributed by atoms with van der Waals surface area (Å²) in [6.45, 7) is 3.11. The van der Waals surface area contributed by atoms with Gasteiger partial charge < -0.3 is 4.90 Å². The van der Waals surface area contributed by atoms with Crippen LogP contribution in [0.5, 0.6) is 0 Å². The van der Waals surface area contributed by atoms with Gasteiger partial charge in [-0.3, -0.25) is 14.9 Å². The Hall–Kier alpha value is -1.96. The number of hydrogen-bond donors (Lipinski definition) is 0. The zero-order valence-corrected chi connectivity index (χ0v) is 14.0. The number of nitrogens with zero attached hydrogens (tertiary/aromatic N) is 2. The van der Waals surface area contributed by atoms with Crippen molar-refractivity contribution < 1.29 is 18.1 Å². The van der Waals surface area contributed by atoms with E-state index in [-0.39, 0.29) is 22.1 Å². The summed E-state index contributed by atoms with van der Waals surface area (Å²) in [6.07, 6.45) is 3.90. The Morgan fingerprint density at radius 2 is 2.00 bits per heavy atom. The van der Waals surface area contributed by atoms with Crippen LogP contribution in [0.25, 0.3) is 0 Å². The van der Waals surface area contributed by atoms with E-state index in [0.29, 0.717) is 19.0 Å². The highest BCUT2D eigenvalue weighted by atomic mass is 32.2. The van der Waals surface area contributed by atoms with Gasteiger partial charge in [-0.05, 0) is 31.2 Å². The minimum atomic E-state index is -3.64. The second-order valence-corrected chi connectivity index (χ2v) is 7.96. The van der Waals surface area contributed by atoms with E-state index in [9.17, 15) is 23.3 Å². The summed E-state index contributed by atoms with van der Waals surface area (Å²) >= 11 is 0. The SMILES string of the molecule is CCCN(CC1CC1)C(=O)c1cc([N+](=O)[O-])cc(S(C)(=O)=O)c1. The first-order valence-electron chi connectivity index (χ1n) is 7.51. The van der Waals surface area contributed by atoms with Crippen molar-refractivity contribution in [2.24, 2.45) is 5.92 Å². The van der Waals surface area contributed by atoms with Gasteiger partial charge in [0, 0.05) is 37.0 Å². The maximum atomic E-state index is 12.7. The van der Waals surface area contributed by atoms with Gasteiger partial charge >= 0.3 is 0 Å². The van der Waals surface area contributed by atoms with Crippen LogP contribution in [0.15, 0.2) is 23.1 Å². The Bertz CT molecular complexity index is 725. The average molecular weight is 340 g/mol. The molecule has 7 nitrogen and oxygen atoms in total. The van der Waals surface area contributed by atoms with Crippen molar-refractivity contribution in [2.45, 2.75) is 31.1 Å². The van der Waals surface area contributed by atoms with Crippen molar-refractivity contribution in [3.8, 4) is 0 Å². The van der Waals surface area contributed by atoms with Gasteiger partial charge in [-0.1, -0.05) is 6.92 Å². The molecule has 8 heteroatoms. The Kier molecular flexibility index (Phi) is 5.03. The smallest absolute Gasteiger partial charge is 0.271 e. The van der Waals surface area contributed by atoms with Crippen LogP contribution in [0.3, 0.4) is 0 Å². The van der Waals surface area contributed by atoms with E-state index >= 15 is 0 Å². The molecule has 0 saturated heterocycles. The molecular weight excluding hydrogens is 320 g/mol. The first-order valence-corrected chi connectivity index (χ1v) is 9.40. The number of hydrogen-bond acceptors (Lipinski definition) is 5. The molecule has 1 fully saturated rings. The first kappa shape index (κ1) is 17.4. The fraction of sp³-hybridized carbons (Fsp3) is 0.533. The number of sulfone groups is 1. The zero-order chi connectivity index (χ0) is 17.2. The largest absolute Gasteiger partial charge is 0.338 e. The van der Waals surface area contributed by atoms with Crippen molar-refractivity contribution in [3.05, 3.63) is 33.9 Å². The summed E-state index contributed by atoms with van der Waals surface area (Å²) in [5, 5.41) is 11.0. The summed E-state index contributed by atoms with van der Waals surface area (Å²) in [7, 11) is -3.64. The Morgan fingerprint density at radius 1 is 1.35 bits per heavy atom. The highest BCUT2D eigenvalue weighted by molar-refractivity contribution is 7.90. The van der Waals surface area contributed by atoms with Gasteiger partial charge in [-0.25, -0.2) is 8.42 Å². The van der Waals surface area contributed by atoms with Crippen LogP contribution in [0.4, 0.5) is 5.69 Å². The molecule has 0 atom stereocenters. The normalized spacial score (nSPS) is 14.5. The topological polar surface area (TPSA) is 97.6 Å². The third kappa shape index (κ3) is 4.51. The molecule has 2 rings (SSSR count). The van der Waals surface area contributed by atoms with Gasteiger partial charge in [0.15, 0.2) is 9.84 Å². The lowest BCUT2D eigenvalue weighted by atomic mass is 10.1. The molecule has 0 spiro atoms. The quantitative estimate of drug-likeness (QED) is 0.560. The third-order valence-electron chi connectivity index (χ3n) is 3.73. The molecule has 0 N–H and O–H groups in total. The minimum absolute atomic E-state index is 0.0497. The molecule has 1 aliphatic carbocycles.